The van der Waals surface area contributed by atoms with E-state index in [0.29, 0.717) is 16.9 Å². The van der Waals surface area contributed by atoms with Gasteiger partial charge >= 0.3 is 0 Å². The maximum atomic E-state index is 13.6. The van der Waals surface area contributed by atoms with Gasteiger partial charge in [-0.2, -0.15) is 0 Å². The van der Waals surface area contributed by atoms with Gasteiger partial charge in [0.2, 0.25) is 5.88 Å². The average Bonchev–Trinajstić information content (AvgIpc) is 3.18. The maximum Gasteiger partial charge on any atom is 0.262 e. The van der Waals surface area contributed by atoms with Crippen LogP contribution in [0.3, 0.4) is 0 Å². The van der Waals surface area contributed by atoms with Gasteiger partial charge in [-0.05, 0) is 54.2 Å². The van der Waals surface area contributed by atoms with Crippen LogP contribution in [0.1, 0.15) is 37.5 Å². The molecule has 0 unspecified atom stereocenters. The highest BCUT2D eigenvalue weighted by molar-refractivity contribution is 6.11. The van der Waals surface area contributed by atoms with Gasteiger partial charge in [0, 0.05) is 18.1 Å². The number of nitrogens with one attached hydrogen (secondary N) is 1. The van der Waals surface area contributed by atoms with Gasteiger partial charge in [0.25, 0.3) is 5.56 Å². The molecule has 4 heteroatoms. The van der Waals surface area contributed by atoms with Crippen LogP contribution in [0.4, 0.5) is 11.6 Å². The number of para-hydroxylation sites is 1. The molecular formula is C30H30N2O2. The highest BCUT2D eigenvalue weighted by Crippen LogP contribution is 2.41. The summed E-state index contributed by atoms with van der Waals surface area (Å²) in [7, 11) is 1.82. The lowest BCUT2D eigenvalue weighted by Gasteiger charge is -2.19. The Morgan fingerprint density at radius 1 is 0.912 bits per heavy atom. The Hall–Kier alpha value is -3.79. The van der Waals surface area contributed by atoms with E-state index < -0.39 is 0 Å². The summed E-state index contributed by atoms with van der Waals surface area (Å²) in [6.07, 6.45) is 0. The summed E-state index contributed by atoms with van der Waals surface area (Å²) >= 11 is 0. The van der Waals surface area contributed by atoms with Crippen molar-refractivity contribution in [3.8, 4) is 11.1 Å². The number of anilines is 2. The van der Waals surface area contributed by atoms with E-state index in [1.54, 1.807) is 4.57 Å². The monoisotopic (exact) mass is 450 g/mol. The van der Waals surface area contributed by atoms with E-state index in [0.717, 1.165) is 33.3 Å². The van der Waals surface area contributed by atoms with Crippen molar-refractivity contribution in [3.05, 3.63) is 93.8 Å². The van der Waals surface area contributed by atoms with Gasteiger partial charge in [-0.25, -0.2) is 0 Å². The molecule has 5 rings (SSSR count). The van der Waals surface area contributed by atoms with Gasteiger partial charge in [0.05, 0.1) is 16.5 Å². The lowest BCUT2D eigenvalue weighted by Crippen LogP contribution is -2.17. The van der Waals surface area contributed by atoms with Crippen molar-refractivity contribution in [2.45, 2.75) is 40.0 Å². The molecule has 172 valence electrons. The fourth-order valence-corrected chi connectivity index (χ4v) is 4.64. The van der Waals surface area contributed by atoms with E-state index in [4.69, 9.17) is 4.42 Å². The van der Waals surface area contributed by atoms with Crippen molar-refractivity contribution in [3.63, 3.8) is 0 Å². The van der Waals surface area contributed by atoms with Gasteiger partial charge in [-0.15, -0.1) is 0 Å². The van der Waals surface area contributed by atoms with Gasteiger partial charge in [-0.3, -0.25) is 4.79 Å². The van der Waals surface area contributed by atoms with Crippen LogP contribution in [0.2, 0.25) is 0 Å². The summed E-state index contributed by atoms with van der Waals surface area (Å²) in [6.45, 7) is 10.7. The molecule has 3 aromatic carbocycles. The fourth-order valence-electron chi connectivity index (χ4n) is 4.64. The molecule has 34 heavy (non-hydrogen) atoms. The van der Waals surface area contributed by atoms with Crippen molar-refractivity contribution in [2.24, 2.45) is 7.05 Å². The first-order valence-electron chi connectivity index (χ1n) is 11.6. The van der Waals surface area contributed by atoms with E-state index >= 15 is 0 Å². The third-order valence-corrected chi connectivity index (χ3v) is 6.61. The third-order valence-electron chi connectivity index (χ3n) is 6.61. The molecule has 0 aliphatic heterocycles. The molecule has 0 aliphatic carbocycles. The zero-order valence-corrected chi connectivity index (χ0v) is 20.6. The second-order valence-corrected chi connectivity index (χ2v) is 10.2. The number of hydrogen-bond donors (Lipinski definition) is 1. The van der Waals surface area contributed by atoms with Crippen LogP contribution in [0.5, 0.6) is 0 Å². The molecule has 0 radical (unpaired) electrons. The molecule has 0 aliphatic rings. The molecule has 0 saturated heterocycles. The summed E-state index contributed by atoms with van der Waals surface area (Å²) in [5.74, 6) is 0.582. The number of fused-ring (bicyclic) bond motifs is 3. The molecule has 4 nitrogen and oxygen atoms in total. The molecule has 1 N–H and O–H groups in total. The van der Waals surface area contributed by atoms with Crippen LogP contribution in [0.25, 0.3) is 33.0 Å². The number of pyridine rings is 1. The minimum atomic E-state index is -0.0685. The minimum Gasteiger partial charge on any atom is -0.439 e. The second-order valence-electron chi connectivity index (χ2n) is 10.2. The quantitative estimate of drug-likeness (QED) is 0.308. The van der Waals surface area contributed by atoms with Gasteiger partial charge in [0.1, 0.15) is 0 Å². The second kappa shape index (κ2) is 7.91. The van der Waals surface area contributed by atoms with Crippen molar-refractivity contribution in [1.82, 2.24) is 4.57 Å². The van der Waals surface area contributed by atoms with Gasteiger partial charge < -0.3 is 14.3 Å². The topological polar surface area (TPSA) is 47.2 Å². The number of hydrogen-bond acceptors (Lipinski definition) is 3. The predicted molar refractivity (Wildman–Crippen MR) is 142 cm³/mol. The van der Waals surface area contributed by atoms with Crippen molar-refractivity contribution >= 4 is 33.4 Å². The van der Waals surface area contributed by atoms with Crippen molar-refractivity contribution in [2.75, 3.05) is 5.32 Å². The molecule has 5 aromatic rings. The maximum absolute atomic E-state index is 13.6. The number of benzene rings is 3. The Labute approximate surface area is 199 Å². The number of furan rings is 1. The SMILES string of the molecule is Cc1ccc(Nc2oc3c(c2-c2ccc(C(C)(C)C)cc2)c(=O)n(C)c2ccccc32)c(C)c1. The Kier molecular flexibility index (Phi) is 5.12. The van der Waals surface area contributed by atoms with E-state index in [2.05, 4.69) is 82.4 Å². The summed E-state index contributed by atoms with van der Waals surface area (Å²) in [6, 6.07) is 22.6. The fraction of sp³-hybridized carbons (Fsp3) is 0.233. The Balaban J connectivity index is 1.82. The molecule has 2 heterocycles. The minimum absolute atomic E-state index is 0.0451. The molecular weight excluding hydrogens is 420 g/mol. The van der Waals surface area contributed by atoms with Crippen LogP contribution in [-0.2, 0) is 12.5 Å². The molecule has 0 bridgehead atoms. The highest BCUT2D eigenvalue weighted by Gasteiger charge is 2.23. The van der Waals surface area contributed by atoms with Crippen LogP contribution < -0.4 is 10.9 Å². The number of rotatable bonds is 3. The van der Waals surface area contributed by atoms with Crippen molar-refractivity contribution < 1.29 is 4.42 Å². The lowest BCUT2D eigenvalue weighted by atomic mass is 9.86. The average molecular weight is 451 g/mol. The molecule has 2 aromatic heterocycles. The number of nitrogens with zero attached hydrogens (tertiary/aromatic N) is 1. The number of aromatic nitrogens is 1. The number of aryl methyl sites for hydroxylation is 3. The molecule has 0 saturated carbocycles. The smallest absolute Gasteiger partial charge is 0.262 e. The Morgan fingerprint density at radius 2 is 1.62 bits per heavy atom. The molecule has 0 fully saturated rings. The van der Waals surface area contributed by atoms with Crippen LogP contribution in [0, 0.1) is 13.8 Å². The highest BCUT2D eigenvalue weighted by atomic mass is 16.4. The zero-order valence-electron chi connectivity index (χ0n) is 20.6. The Morgan fingerprint density at radius 3 is 2.29 bits per heavy atom. The van der Waals surface area contributed by atoms with Gasteiger partial charge in [-0.1, -0.05) is 74.9 Å². The summed E-state index contributed by atoms with van der Waals surface area (Å²) in [5.41, 5.74) is 7.70. The van der Waals surface area contributed by atoms with E-state index in [9.17, 15) is 4.79 Å². The third kappa shape index (κ3) is 3.60. The predicted octanol–water partition coefficient (Wildman–Crippen LogP) is 7.61. The first-order valence-corrected chi connectivity index (χ1v) is 11.6. The van der Waals surface area contributed by atoms with Crippen LogP contribution >= 0.6 is 0 Å². The van der Waals surface area contributed by atoms with E-state index in [1.165, 1.54) is 11.1 Å². The summed E-state index contributed by atoms with van der Waals surface area (Å²) in [5, 5.41) is 5.01. The summed E-state index contributed by atoms with van der Waals surface area (Å²) in [4.78, 5) is 13.6. The van der Waals surface area contributed by atoms with E-state index in [1.807, 2.05) is 31.3 Å². The zero-order chi connectivity index (χ0) is 24.2. The lowest BCUT2D eigenvalue weighted by molar-refractivity contribution is 0.590. The normalized spacial score (nSPS) is 11.9. The molecule has 0 amide bonds. The van der Waals surface area contributed by atoms with E-state index in [-0.39, 0.29) is 11.0 Å². The standard InChI is InChI=1S/C30H30N2O2/c1-18-11-16-23(19(2)17-18)31-28-25(20-12-14-21(15-13-20)30(3,4)5)26-27(34-28)22-9-7-8-10-24(22)32(6)29(26)33/h7-17,31H,1-6H3. The van der Waals surface area contributed by atoms with Crippen molar-refractivity contribution in [1.29, 1.82) is 0 Å². The largest absolute Gasteiger partial charge is 0.439 e. The van der Waals surface area contributed by atoms with Gasteiger partial charge in [0.15, 0.2) is 5.58 Å². The Bertz CT molecular complexity index is 1600. The molecule has 0 spiro atoms. The van der Waals surface area contributed by atoms with Crippen LogP contribution in [0.15, 0.2) is 75.9 Å². The summed E-state index contributed by atoms with van der Waals surface area (Å²) < 4.78 is 8.17. The first-order chi connectivity index (χ1) is 16.1. The molecule has 0 atom stereocenters. The van der Waals surface area contributed by atoms with Crippen LogP contribution in [-0.4, -0.2) is 4.57 Å². The first kappa shape index (κ1) is 22.0.